The van der Waals surface area contributed by atoms with Gasteiger partial charge in [0.25, 0.3) is 5.82 Å². The molecule has 0 aliphatic heterocycles. The van der Waals surface area contributed by atoms with Gasteiger partial charge in [0, 0.05) is 5.92 Å². The van der Waals surface area contributed by atoms with Crippen molar-refractivity contribution in [2.24, 2.45) is 0 Å². The minimum atomic E-state index is -1.08. The minimum Gasteiger partial charge on any atom is -0.475 e. The molecule has 1 heterocycles. The van der Waals surface area contributed by atoms with E-state index < -0.39 is 5.97 Å². The van der Waals surface area contributed by atoms with Crippen LogP contribution in [-0.4, -0.2) is 25.8 Å². The summed E-state index contributed by atoms with van der Waals surface area (Å²) in [5.74, 6) is -0.0956. The number of nitrogens with zero attached hydrogens (tertiary/aromatic N) is 3. The van der Waals surface area contributed by atoms with Gasteiger partial charge in [-0.15, -0.1) is 5.10 Å². The first kappa shape index (κ1) is 10.0. The number of para-hydroxylation sites is 1. The summed E-state index contributed by atoms with van der Waals surface area (Å²) in [5, 5.41) is 13.0. The van der Waals surface area contributed by atoms with Crippen LogP contribution in [-0.2, 0) is 0 Å². The van der Waals surface area contributed by atoms with Gasteiger partial charge < -0.3 is 5.11 Å². The van der Waals surface area contributed by atoms with E-state index in [1.54, 1.807) is 4.68 Å². The fraction of sp³-hybridized carbons (Fsp3) is 0.250. The van der Waals surface area contributed by atoms with Crippen molar-refractivity contribution in [3.05, 3.63) is 42.0 Å². The van der Waals surface area contributed by atoms with Crippen LogP contribution in [0.4, 0.5) is 0 Å². The molecular weight excluding hydrogens is 218 g/mol. The number of aromatic carboxylic acids is 1. The number of carboxylic acid groups (broad SMARTS) is 1. The lowest BCUT2D eigenvalue weighted by Gasteiger charge is -2.03. The number of hydrogen-bond acceptors (Lipinski definition) is 3. The number of benzene rings is 1. The molecule has 0 unspecified atom stereocenters. The van der Waals surface area contributed by atoms with Crippen molar-refractivity contribution in [3.63, 3.8) is 0 Å². The van der Waals surface area contributed by atoms with Crippen LogP contribution in [0, 0.1) is 0 Å². The molecule has 0 radical (unpaired) electrons. The van der Waals surface area contributed by atoms with Crippen LogP contribution in [0.2, 0.25) is 0 Å². The Morgan fingerprint density at radius 1 is 1.29 bits per heavy atom. The predicted octanol–water partition coefficient (Wildman–Crippen LogP) is 1.84. The summed E-state index contributed by atoms with van der Waals surface area (Å²) < 4.78 is 1.64. The Kier molecular flexibility index (Phi) is 2.18. The van der Waals surface area contributed by atoms with E-state index >= 15 is 0 Å². The number of carboxylic acids is 1. The molecule has 17 heavy (non-hydrogen) atoms. The van der Waals surface area contributed by atoms with Gasteiger partial charge in [-0.2, -0.15) is 0 Å². The van der Waals surface area contributed by atoms with Crippen molar-refractivity contribution in [3.8, 4) is 5.69 Å². The number of hydrogen-bond donors (Lipinski definition) is 1. The van der Waals surface area contributed by atoms with Gasteiger partial charge in [0.05, 0.1) is 5.69 Å². The molecule has 0 amide bonds. The third-order valence-electron chi connectivity index (χ3n) is 2.77. The standard InChI is InChI=1S/C12H11N3O2/c16-12(17)10-13-11(8-6-7-8)15(14-10)9-4-2-1-3-5-9/h1-5,8H,6-7H2,(H,16,17). The van der Waals surface area contributed by atoms with Gasteiger partial charge in [0.1, 0.15) is 5.82 Å². The SMILES string of the molecule is O=C(O)c1nc(C2CC2)n(-c2ccccc2)n1. The monoisotopic (exact) mass is 229 g/mol. The minimum absolute atomic E-state index is 0.129. The molecule has 1 aromatic carbocycles. The highest BCUT2D eigenvalue weighted by Gasteiger charge is 2.31. The predicted molar refractivity (Wildman–Crippen MR) is 60.3 cm³/mol. The molecule has 3 rings (SSSR count). The van der Waals surface area contributed by atoms with E-state index in [9.17, 15) is 4.79 Å². The molecule has 1 saturated carbocycles. The van der Waals surface area contributed by atoms with Crippen LogP contribution in [0.5, 0.6) is 0 Å². The van der Waals surface area contributed by atoms with E-state index in [-0.39, 0.29) is 5.82 Å². The lowest BCUT2D eigenvalue weighted by Crippen LogP contribution is -2.03. The molecule has 5 heteroatoms. The fourth-order valence-corrected chi connectivity index (χ4v) is 1.78. The second-order valence-electron chi connectivity index (χ2n) is 4.12. The lowest BCUT2D eigenvalue weighted by molar-refractivity contribution is 0.0683. The Balaban J connectivity index is 2.11. The van der Waals surface area contributed by atoms with Crippen molar-refractivity contribution in [2.75, 3.05) is 0 Å². The zero-order valence-electron chi connectivity index (χ0n) is 9.08. The molecule has 1 aliphatic rings. The Morgan fingerprint density at radius 2 is 2.00 bits per heavy atom. The van der Waals surface area contributed by atoms with Crippen molar-refractivity contribution in [2.45, 2.75) is 18.8 Å². The summed E-state index contributed by atoms with van der Waals surface area (Å²) in [7, 11) is 0. The van der Waals surface area contributed by atoms with Crippen LogP contribution in [0.15, 0.2) is 30.3 Å². The largest absolute Gasteiger partial charge is 0.475 e. The van der Waals surface area contributed by atoms with E-state index in [0.717, 1.165) is 24.4 Å². The topological polar surface area (TPSA) is 68.0 Å². The first-order valence-corrected chi connectivity index (χ1v) is 5.51. The van der Waals surface area contributed by atoms with Crippen LogP contribution < -0.4 is 0 Å². The van der Waals surface area contributed by atoms with Crippen molar-refractivity contribution in [1.82, 2.24) is 14.8 Å². The molecule has 5 nitrogen and oxygen atoms in total. The first-order valence-electron chi connectivity index (χ1n) is 5.51. The van der Waals surface area contributed by atoms with Crippen molar-refractivity contribution in [1.29, 1.82) is 0 Å². The van der Waals surface area contributed by atoms with E-state index in [4.69, 9.17) is 5.11 Å². The van der Waals surface area contributed by atoms with Gasteiger partial charge in [0.15, 0.2) is 0 Å². The zero-order chi connectivity index (χ0) is 11.8. The average molecular weight is 229 g/mol. The Morgan fingerprint density at radius 3 is 2.59 bits per heavy atom. The molecule has 1 aliphatic carbocycles. The highest BCUT2D eigenvalue weighted by Crippen LogP contribution is 2.39. The summed E-state index contributed by atoms with van der Waals surface area (Å²) in [6, 6.07) is 9.50. The number of rotatable bonds is 3. The second-order valence-corrected chi connectivity index (χ2v) is 4.12. The highest BCUT2D eigenvalue weighted by molar-refractivity contribution is 5.83. The molecule has 0 atom stereocenters. The van der Waals surface area contributed by atoms with Gasteiger partial charge in [-0.25, -0.2) is 14.5 Å². The number of carbonyl (C=O) groups is 1. The van der Waals surface area contributed by atoms with Gasteiger partial charge in [-0.05, 0) is 25.0 Å². The van der Waals surface area contributed by atoms with Gasteiger partial charge in [-0.1, -0.05) is 18.2 Å². The quantitative estimate of drug-likeness (QED) is 0.872. The van der Waals surface area contributed by atoms with Crippen molar-refractivity contribution < 1.29 is 9.90 Å². The average Bonchev–Trinajstić information content (AvgIpc) is 3.09. The van der Waals surface area contributed by atoms with Crippen LogP contribution >= 0.6 is 0 Å². The van der Waals surface area contributed by atoms with Crippen LogP contribution in [0.25, 0.3) is 5.69 Å². The normalized spacial score (nSPS) is 14.8. The molecule has 0 spiro atoms. The molecule has 0 bridgehead atoms. The third kappa shape index (κ3) is 1.80. The van der Waals surface area contributed by atoms with Gasteiger partial charge in [0.2, 0.25) is 0 Å². The Hall–Kier alpha value is -2.17. The molecule has 0 saturated heterocycles. The second kappa shape index (κ2) is 3.69. The van der Waals surface area contributed by atoms with Crippen LogP contribution in [0.1, 0.15) is 35.2 Å². The molecular formula is C12H11N3O2. The molecule has 2 aromatic rings. The molecule has 1 N–H and O–H groups in total. The Labute approximate surface area is 97.7 Å². The van der Waals surface area contributed by atoms with E-state index in [0.29, 0.717) is 5.92 Å². The summed E-state index contributed by atoms with van der Waals surface area (Å²) in [6.45, 7) is 0. The summed E-state index contributed by atoms with van der Waals surface area (Å²) in [6.07, 6.45) is 2.12. The lowest BCUT2D eigenvalue weighted by atomic mass is 10.3. The molecule has 86 valence electrons. The maximum atomic E-state index is 10.9. The number of aromatic nitrogens is 3. The maximum Gasteiger partial charge on any atom is 0.375 e. The van der Waals surface area contributed by atoms with E-state index in [1.807, 2.05) is 30.3 Å². The third-order valence-corrected chi connectivity index (χ3v) is 2.77. The summed E-state index contributed by atoms with van der Waals surface area (Å²) in [5.41, 5.74) is 0.856. The van der Waals surface area contributed by atoms with Gasteiger partial charge >= 0.3 is 5.97 Å². The molecule has 1 fully saturated rings. The van der Waals surface area contributed by atoms with Crippen LogP contribution in [0.3, 0.4) is 0 Å². The van der Waals surface area contributed by atoms with Crippen molar-refractivity contribution >= 4 is 5.97 Å². The van der Waals surface area contributed by atoms with E-state index in [2.05, 4.69) is 10.1 Å². The smallest absolute Gasteiger partial charge is 0.375 e. The highest BCUT2D eigenvalue weighted by atomic mass is 16.4. The zero-order valence-corrected chi connectivity index (χ0v) is 9.08. The molecule has 1 aromatic heterocycles. The summed E-state index contributed by atoms with van der Waals surface area (Å²) >= 11 is 0. The van der Waals surface area contributed by atoms with Gasteiger partial charge in [-0.3, -0.25) is 0 Å². The fourth-order valence-electron chi connectivity index (χ4n) is 1.78. The summed E-state index contributed by atoms with van der Waals surface area (Å²) in [4.78, 5) is 15.0. The first-order chi connectivity index (χ1) is 8.25. The van der Waals surface area contributed by atoms with E-state index in [1.165, 1.54) is 0 Å². The maximum absolute atomic E-state index is 10.9. The Bertz CT molecular complexity index is 558.